The van der Waals surface area contributed by atoms with Crippen molar-refractivity contribution >= 4 is 10.8 Å². The van der Waals surface area contributed by atoms with E-state index in [1.165, 1.54) is 0 Å². The fourth-order valence-electron chi connectivity index (χ4n) is 2.60. The number of ether oxygens (including phenoxy) is 1. The van der Waals surface area contributed by atoms with E-state index in [0.29, 0.717) is 12.5 Å². The first-order valence-corrected chi connectivity index (χ1v) is 7.46. The summed E-state index contributed by atoms with van der Waals surface area (Å²) in [7, 11) is -0.799. The van der Waals surface area contributed by atoms with E-state index in [1.807, 2.05) is 18.2 Å². The van der Waals surface area contributed by atoms with Gasteiger partial charge < -0.3 is 10.1 Å². The van der Waals surface area contributed by atoms with Crippen molar-refractivity contribution in [3.05, 3.63) is 29.8 Å². The Labute approximate surface area is 104 Å². The maximum atomic E-state index is 12.3. The highest BCUT2D eigenvalue weighted by Crippen LogP contribution is 2.35. The molecule has 0 radical (unpaired) electrons. The number of rotatable bonds is 0. The fourth-order valence-corrected chi connectivity index (χ4v) is 4.29. The summed E-state index contributed by atoms with van der Waals surface area (Å²) in [4.78, 5) is 0. The van der Waals surface area contributed by atoms with Gasteiger partial charge in [0, 0.05) is 22.1 Å². The van der Waals surface area contributed by atoms with Gasteiger partial charge in [-0.2, -0.15) is 0 Å². The van der Waals surface area contributed by atoms with Crippen LogP contribution in [0.25, 0.3) is 0 Å². The summed E-state index contributed by atoms with van der Waals surface area (Å²) in [6.45, 7) is 3.64. The summed E-state index contributed by atoms with van der Waals surface area (Å²) in [6.07, 6.45) is 0. The van der Waals surface area contributed by atoms with Gasteiger partial charge in [0.15, 0.2) is 0 Å². The van der Waals surface area contributed by atoms with Crippen LogP contribution < -0.4 is 10.1 Å². The molecule has 0 spiro atoms. The van der Waals surface area contributed by atoms with Crippen molar-refractivity contribution in [3.63, 3.8) is 0 Å². The fraction of sp³-hybridized carbons (Fsp3) is 0.538. The van der Waals surface area contributed by atoms with E-state index < -0.39 is 10.8 Å². The Hall–Kier alpha value is -0.870. The first kappa shape index (κ1) is 11.2. The average Bonchev–Trinajstić information content (AvgIpc) is 2.49. The largest absolute Gasteiger partial charge is 0.492 e. The lowest BCUT2D eigenvalue weighted by Crippen LogP contribution is -2.40. The summed E-state index contributed by atoms with van der Waals surface area (Å²) < 4.78 is 18.0. The molecule has 2 aliphatic rings. The van der Waals surface area contributed by atoms with Crippen molar-refractivity contribution in [2.45, 2.75) is 18.2 Å². The smallest absolute Gasteiger partial charge is 0.124 e. The molecule has 92 valence electrons. The van der Waals surface area contributed by atoms with E-state index in [1.54, 1.807) is 0 Å². The SMILES string of the molecule is CC1CNC2c3ccccc3OCC2S(=O)C1. The molecule has 1 aromatic rings. The van der Waals surface area contributed by atoms with Crippen molar-refractivity contribution in [2.24, 2.45) is 5.92 Å². The van der Waals surface area contributed by atoms with E-state index in [2.05, 4.69) is 18.3 Å². The number of benzene rings is 1. The Morgan fingerprint density at radius 3 is 3.12 bits per heavy atom. The van der Waals surface area contributed by atoms with E-state index in [-0.39, 0.29) is 11.3 Å². The minimum atomic E-state index is -0.799. The number of nitrogens with one attached hydrogen (secondary N) is 1. The summed E-state index contributed by atoms with van der Waals surface area (Å²) in [5, 5.41) is 3.64. The van der Waals surface area contributed by atoms with Crippen LogP contribution in [0.15, 0.2) is 24.3 Å². The van der Waals surface area contributed by atoms with Crippen LogP contribution in [0, 0.1) is 5.92 Å². The van der Waals surface area contributed by atoms with Crippen molar-refractivity contribution < 1.29 is 8.95 Å². The second-order valence-electron chi connectivity index (χ2n) is 4.93. The van der Waals surface area contributed by atoms with Gasteiger partial charge in [-0.15, -0.1) is 0 Å². The third-order valence-corrected chi connectivity index (χ3v) is 5.48. The summed E-state index contributed by atoms with van der Waals surface area (Å²) >= 11 is 0. The Morgan fingerprint density at radius 2 is 2.24 bits per heavy atom. The van der Waals surface area contributed by atoms with Crippen molar-refractivity contribution in [1.82, 2.24) is 5.32 Å². The van der Waals surface area contributed by atoms with Gasteiger partial charge >= 0.3 is 0 Å². The first-order valence-electron chi connectivity index (χ1n) is 6.08. The molecule has 3 rings (SSSR count). The van der Waals surface area contributed by atoms with Gasteiger partial charge in [0.2, 0.25) is 0 Å². The highest BCUT2D eigenvalue weighted by atomic mass is 32.2. The van der Waals surface area contributed by atoms with Gasteiger partial charge in [0.1, 0.15) is 12.4 Å². The predicted molar refractivity (Wildman–Crippen MR) is 68.6 cm³/mol. The lowest BCUT2D eigenvalue weighted by Gasteiger charge is -2.31. The highest BCUT2D eigenvalue weighted by molar-refractivity contribution is 7.85. The maximum Gasteiger partial charge on any atom is 0.124 e. The molecule has 0 aliphatic carbocycles. The molecule has 4 atom stereocenters. The van der Waals surface area contributed by atoms with E-state index in [0.717, 1.165) is 23.6 Å². The van der Waals surface area contributed by atoms with E-state index >= 15 is 0 Å². The summed E-state index contributed by atoms with van der Waals surface area (Å²) in [5.41, 5.74) is 1.16. The number of para-hydroxylation sites is 1. The number of hydrogen-bond donors (Lipinski definition) is 1. The molecule has 4 unspecified atom stereocenters. The Kier molecular flexibility index (Phi) is 2.92. The Morgan fingerprint density at radius 1 is 1.41 bits per heavy atom. The van der Waals surface area contributed by atoms with E-state index in [4.69, 9.17) is 4.74 Å². The van der Waals surface area contributed by atoms with Gasteiger partial charge in [-0.25, -0.2) is 0 Å². The molecule has 1 aromatic carbocycles. The maximum absolute atomic E-state index is 12.3. The predicted octanol–water partition coefficient (Wildman–Crippen LogP) is 1.48. The molecule has 3 nitrogen and oxygen atoms in total. The minimum absolute atomic E-state index is 0.0925. The lowest BCUT2D eigenvalue weighted by atomic mass is 10.00. The molecule has 1 N–H and O–H groups in total. The monoisotopic (exact) mass is 251 g/mol. The zero-order chi connectivity index (χ0) is 11.8. The van der Waals surface area contributed by atoms with Crippen LogP contribution in [0.3, 0.4) is 0 Å². The first-order chi connectivity index (χ1) is 8.25. The van der Waals surface area contributed by atoms with Gasteiger partial charge in [-0.1, -0.05) is 25.1 Å². The van der Waals surface area contributed by atoms with E-state index in [9.17, 15) is 4.21 Å². The second kappa shape index (κ2) is 4.42. The topological polar surface area (TPSA) is 38.3 Å². The van der Waals surface area contributed by atoms with Crippen molar-refractivity contribution in [3.8, 4) is 5.75 Å². The van der Waals surface area contributed by atoms with Crippen LogP contribution in [-0.4, -0.2) is 28.4 Å². The Balaban J connectivity index is 1.98. The highest BCUT2D eigenvalue weighted by Gasteiger charge is 2.37. The summed E-state index contributed by atoms with van der Waals surface area (Å²) in [5.74, 6) is 2.18. The molecule has 0 saturated carbocycles. The van der Waals surface area contributed by atoms with Gasteiger partial charge in [0.25, 0.3) is 0 Å². The summed E-state index contributed by atoms with van der Waals surface area (Å²) in [6, 6.07) is 8.25. The second-order valence-corrected chi connectivity index (χ2v) is 6.63. The molecule has 0 amide bonds. The van der Waals surface area contributed by atoms with Crippen LogP contribution in [0.2, 0.25) is 0 Å². The van der Waals surface area contributed by atoms with Crippen LogP contribution in [0.5, 0.6) is 5.75 Å². The van der Waals surface area contributed by atoms with Crippen LogP contribution in [0.4, 0.5) is 0 Å². The van der Waals surface area contributed by atoms with Crippen LogP contribution in [-0.2, 0) is 10.8 Å². The van der Waals surface area contributed by atoms with Gasteiger partial charge in [-0.3, -0.25) is 4.21 Å². The Bertz CT molecular complexity index is 449. The number of hydrogen-bond acceptors (Lipinski definition) is 3. The van der Waals surface area contributed by atoms with Crippen LogP contribution >= 0.6 is 0 Å². The van der Waals surface area contributed by atoms with Crippen LogP contribution in [0.1, 0.15) is 18.5 Å². The molecule has 2 heterocycles. The van der Waals surface area contributed by atoms with Gasteiger partial charge in [-0.05, 0) is 18.5 Å². The quantitative estimate of drug-likeness (QED) is 0.759. The number of fused-ring (bicyclic) bond motifs is 3. The molecular formula is C13H17NO2S. The normalized spacial score (nSPS) is 36.3. The molecule has 2 aliphatic heterocycles. The molecule has 0 bridgehead atoms. The third kappa shape index (κ3) is 2.00. The lowest BCUT2D eigenvalue weighted by molar-refractivity contribution is 0.259. The molecule has 1 saturated heterocycles. The molecule has 4 heteroatoms. The third-order valence-electron chi connectivity index (χ3n) is 3.50. The minimum Gasteiger partial charge on any atom is -0.492 e. The zero-order valence-corrected chi connectivity index (χ0v) is 10.7. The van der Waals surface area contributed by atoms with Crippen molar-refractivity contribution in [2.75, 3.05) is 18.9 Å². The molecule has 1 fully saturated rings. The standard InChI is InChI=1S/C13H17NO2S/c1-9-6-14-13-10-4-2-3-5-11(10)16-7-12(13)17(15)8-9/h2-5,9,12-14H,6-8H2,1H3. The average molecular weight is 251 g/mol. The molecule has 0 aromatic heterocycles. The molecular weight excluding hydrogens is 234 g/mol. The van der Waals surface area contributed by atoms with Crippen molar-refractivity contribution in [1.29, 1.82) is 0 Å². The zero-order valence-electron chi connectivity index (χ0n) is 9.89. The molecule has 17 heavy (non-hydrogen) atoms. The van der Waals surface area contributed by atoms with Gasteiger partial charge in [0.05, 0.1) is 11.3 Å².